The predicted molar refractivity (Wildman–Crippen MR) is 154 cm³/mol. The summed E-state index contributed by atoms with van der Waals surface area (Å²) < 4.78 is 0. The van der Waals surface area contributed by atoms with E-state index in [0.29, 0.717) is 25.9 Å². The summed E-state index contributed by atoms with van der Waals surface area (Å²) in [6.45, 7) is 14.2. The van der Waals surface area contributed by atoms with E-state index >= 15 is 0 Å². The van der Waals surface area contributed by atoms with Crippen LogP contribution in [0.5, 0.6) is 0 Å². The molecule has 41 heavy (non-hydrogen) atoms. The monoisotopic (exact) mass is 582 g/mol. The zero-order chi connectivity index (χ0) is 31.3. The van der Waals surface area contributed by atoms with Gasteiger partial charge >= 0.3 is 12.0 Å². The molecule has 1 rings (SSSR count). The van der Waals surface area contributed by atoms with Gasteiger partial charge in [-0.1, -0.05) is 48.5 Å². The van der Waals surface area contributed by atoms with E-state index in [1.54, 1.807) is 25.7 Å². The van der Waals surface area contributed by atoms with Gasteiger partial charge in [0.2, 0.25) is 23.6 Å². The maximum Gasteiger partial charge on any atom is 0.315 e. The number of nitrogens with one attached hydrogen (secondary N) is 5. The number of likely N-dealkylation sites (tertiary alicyclic amines) is 1. The van der Waals surface area contributed by atoms with Gasteiger partial charge in [0.1, 0.15) is 18.1 Å². The van der Waals surface area contributed by atoms with Gasteiger partial charge in [0.25, 0.3) is 0 Å². The topological polar surface area (TPSA) is 186 Å². The summed E-state index contributed by atoms with van der Waals surface area (Å²) in [5.41, 5.74) is -0.766. The quantitative estimate of drug-likeness (QED) is 0.167. The Bertz CT molecular complexity index is 923. The smallest absolute Gasteiger partial charge is 0.315 e. The number of amides is 6. The first-order chi connectivity index (χ1) is 19.1. The molecule has 0 spiro atoms. The number of urea groups is 1. The average Bonchev–Trinajstić information content (AvgIpc) is 3.42. The van der Waals surface area contributed by atoms with Crippen LogP contribution in [0, 0.1) is 11.3 Å². The summed E-state index contributed by atoms with van der Waals surface area (Å²) in [4.78, 5) is 78.3. The van der Waals surface area contributed by atoms with Gasteiger partial charge in [0.15, 0.2) is 0 Å². The van der Waals surface area contributed by atoms with Gasteiger partial charge in [-0.15, -0.1) is 0 Å². The second kappa shape index (κ2) is 16.8. The van der Waals surface area contributed by atoms with Crippen LogP contribution in [0.1, 0.15) is 87.0 Å². The van der Waals surface area contributed by atoms with Gasteiger partial charge in [-0.3, -0.25) is 24.0 Å². The highest BCUT2D eigenvalue weighted by Gasteiger charge is 2.37. The van der Waals surface area contributed by atoms with E-state index in [1.807, 2.05) is 27.7 Å². The Morgan fingerprint density at radius 1 is 0.780 bits per heavy atom. The van der Waals surface area contributed by atoms with Crippen LogP contribution in [0.2, 0.25) is 0 Å². The molecule has 13 heteroatoms. The van der Waals surface area contributed by atoms with Gasteiger partial charge in [0.05, 0.1) is 12.8 Å². The van der Waals surface area contributed by atoms with Crippen molar-refractivity contribution in [3.8, 4) is 0 Å². The minimum atomic E-state index is -1.41. The third kappa shape index (κ3) is 12.8. The number of hydrogen-bond donors (Lipinski definition) is 6. The van der Waals surface area contributed by atoms with Gasteiger partial charge in [-0.2, -0.15) is 0 Å². The van der Waals surface area contributed by atoms with E-state index in [4.69, 9.17) is 0 Å². The maximum atomic E-state index is 13.5. The number of hydrogen-bond acceptors (Lipinski definition) is 6. The molecule has 0 aliphatic carbocycles. The van der Waals surface area contributed by atoms with Crippen LogP contribution >= 0.6 is 0 Å². The molecule has 3 atom stereocenters. The van der Waals surface area contributed by atoms with Crippen molar-refractivity contribution < 1.29 is 33.9 Å². The van der Waals surface area contributed by atoms with E-state index in [2.05, 4.69) is 26.6 Å². The van der Waals surface area contributed by atoms with Crippen molar-refractivity contribution in [1.29, 1.82) is 0 Å². The largest absolute Gasteiger partial charge is 0.481 e. The van der Waals surface area contributed by atoms with Crippen LogP contribution < -0.4 is 26.6 Å². The van der Waals surface area contributed by atoms with Crippen molar-refractivity contribution in [1.82, 2.24) is 31.5 Å². The molecule has 6 N–H and O–H groups in total. The number of carbonyl (C=O) groups excluding carboxylic acids is 5. The summed E-state index contributed by atoms with van der Waals surface area (Å²) in [5.74, 6) is -3.80. The lowest BCUT2D eigenvalue weighted by Crippen LogP contribution is -2.61. The number of carboxylic acids is 1. The molecule has 3 unspecified atom stereocenters. The lowest BCUT2D eigenvalue weighted by Gasteiger charge is -2.32. The van der Waals surface area contributed by atoms with Crippen LogP contribution in [0.4, 0.5) is 4.79 Å². The van der Waals surface area contributed by atoms with Gasteiger partial charge in [-0.05, 0) is 37.0 Å². The van der Waals surface area contributed by atoms with Crippen molar-refractivity contribution in [2.24, 2.45) is 11.3 Å². The zero-order valence-electron chi connectivity index (χ0n) is 25.6. The Morgan fingerprint density at radius 2 is 1.32 bits per heavy atom. The molecule has 0 radical (unpaired) electrons. The molecule has 1 saturated heterocycles. The van der Waals surface area contributed by atoms with Crippen molar-refractivity contribution in [3.05, 3.63) is 0 Å². The standard InChI is InChI=1S/C28H50N6O7/c1-8-18(9-2)30-27(41)33-23(28(5,6)7)26(40)32-19(14-21(35)34-12-10-11-13-34)25(39)31-20(15-22(36)37)24(38)29-16-17(3)4/h17-20,23H,8-16H2,1-7H3,(H,29,38)(H,31,39)(H,32,40)(H,36,37)(H2,30,33,41). The molecule has 0 aromatic heterocycles. The first-order valence-corrected chi connectivity index (χ1v) is 14.5. The number of carboxylic acid groups (broad SMARTS) is 1. The van der Waals surface area contributed by atoms with Gasteiger partial charge < -0.3 is 36.6 Å². The SMILES string of the molecule is CCC(CC)NC(=O)NC(C(=O)NC(CC(=O)N1CCCC1)C(=O)NC(CC(=O)O)C(=O)NCC(C)C)C(C)(C)C. The van der Waals surface area contributed by atoms with Crippen molar-refractivity contribution in [2.75, 3.05) is 19.6 Å². The van der Waals surface area contributed by atoms with E-state index in [0.717, 1.165) is 12.8 Å². The Hall–Kier alpha value is -3.38. The molecular weight excluding hydrogens is 532 g/mol. The van der Waals surface area contributed by atoms with E-state index in [9.17, 15) is 33.9 Å². The first kappa shape index (κ1) is 35.6. The molecule has 6 amide bonds. The molecule has 1 aliphatic heterocycles. The van der Waals surface area contributed by atoms with Crippen molar-refractivity contribution in [2.45, 2.75) is 111 Å². The van der Waals surface area contributed by atoms with Crippen LogP contribution in [-0.4, -0.2) is 89.4 Å². The summed E-state index contributed by atoms with van der Waals surface area (Å²) in [5, 5.41) is 22.5. The molecule has 234 valence electrons. The third-order valence-electron chi connectivity index (χ3n) is 6.89. The third-order valence-corrected chi connectivity index (χ3v) is 6.89. The summed E-state index contributed by atoms with van der Waals surface area (Å²) in [6.07, 6.45) is 2.00. The van der Waals surface area contributed by atoms with Crippen LogP contribution in [0.3, 0.4) is 0 Å². The molecule has 1 heterocycles. The lowest BCUT2D eigenvalue weighted by atomic mass is 9.86. The Morgan fingerprint density at radius 3 is 1.80 bits per heavy atom. The predicted octanol–water partition coefficient (Wildman–Crippen LogP) is 1.12. The fourth-order valence-electron chi connectivity index (χ4n) is 4.35. The Labute approximate surface area is 243 Å². The average molecular weight is 583 g/mol. The number of rotatable bonds is 15. The molecule has 1 aliphatic rings. The molecular formula is C28H50N6O7. The lowest BCUT2D eigenvalue weighted by molar-refractivity contribution is -0.142. The first-order valence-electron chi connectivity index (χ1n) is 14.5. The Balaban J connectivity index is 3.20. The molecule has 0 saturated carbocycles. The summed E-state index contributed by atoms with van der Waals surface area (Å²) in [6, 6.07) is -4.51. The molecule has 0 aromatic carbocycles. The minimum Gasteiger partial charge on any atom is -0.481 e. The van der Waals surface area contributed by atoms with Gasteiger partial charge in [-0.25, -0.2) is 4.79 Å². The van der Waals surface area contributed by atoms with Crippen LogP contribution in [-0.2, 0) is 24.0 Å². The fraction of sp³-hybridized carbons (Fsp3) is 0.786. The number of carbonyl (C=O) groups is 6. The van der Waals surface area contributed by atoms with Crippen molar-refractivity contribution >= 4 is 35.6 Å². The van der Waals surface area contributed by atoms with E-state index < -0.39 is 59.7 Å². The second-order valence-electron chi connectivity index (χ2n) is 12.1. The van der Waals surface area contributed by atoms with E-state index in [-0.39, 0.29) is 30.8 Å². The summed E-state index contributed by atoms with van der Waals surface area (Å²) in [7, 11) is 0. The fourth-order valence-corrected chi connectivity index (χ4v) is 4.35. The van der Waals surface area contributed by atoms with Crippen molar-refractivity contribution in [3.63, 3.8) is 0 Å². The van der Waals surface area contributed by atoms with Crippen LogP contribution in [0.25, 0.3) is 0 Å². The molecule has 13 nitrogen and oxygen atoms in total. The highest BCUT2D eigenvalue weighted by molar-refractivity contribution is 5.97. The van der Waals surface area contributed by atoms with E-state index in [1.165, 1.54) is 0 Å². The second-order valence-corrected chi connectivity index (χ2v) is 12.1. The highest BCUT2D eigenvalue weighted by atomic mass is 16.4. The number of nitrogens with zero attached hydrogens (tertiary/aromatic N) is 1. The normalized spacial score (nSPS) is 15.6. The summed E-state index contributed by atoms with van der Waals surface area (Å²) >= 11 is 0. The molecule has 0 aromatic rings. The zero-order valence-corrected chi connectivity index (χ0v) is 25.6. The minimum absolute atomic E-state index is 0.0803. The number of aliphatic carboxylic acids is 1. The highest BCUT2D eigenvalue weighted by Crippen LogP contribution is 2.20. The molecule has 0 bridgehead atoms. The Kier molecular flexibility index (Phi) is 14.6. The maximum absolute atomic E-state index is 13.5. The molecule has 1 fully saturated rings. The van der Waals surface area contributed by atoms with Gasteiger partial charge in [0, 0.05) is 25.7 Å². The van der Waals surface area contributed by atoms with Crippen LogP contribution in [0.15, 0.2) is 0 Å².